The van der Waals surface area contributed by atoms with E-state index in [-0.39, 0.29) is 34.7 Å². The van der Waals surface area contributed by atoms with Crippen LogP contribution in [0.2, 0.25) is 0 Å². The molecule has 5 rings (SSSR count). The summed E-state index contributed by atoms with van der Waals surface area (Å²) in [6.07, 6.45) is 7.59. The first kappa shape index (κ1) is 19.0. The first-order chi connectivity index (χ1) is 14.6. The van der Waals surface area contributed by atoms with Crippen molar-refractivity contribution in [1.29, 1.82) is 5.41 Å². The van der Waals surface area contributed by atoms with Crippen molar-refractivity contribution in [3.63, 3.8) is 0 Å². The van der Waals surface area contributed by atoms with Crippen molar-refractivity contribution >= 4 is 22.6 Å². The van der Waals surface area contributed by atoms with E-state index in [0.29, 0.717) is 23.2 Å². The normalized spacial score (nSPS) is 19.7. The Morgan fingerprint density at radius 2 is 2.07 bits per heavy atom. The van der Waals surface area contributed by atoms with E-state index in [1.807, 2.05) is 6.07 Å². The maximum Gasteiger partial charge on any atom is 0.267 e. The molecule has 0 bridgehead atoms. The number of hydrogen-bond acceptors (Lipinski definition) is 5. The fraction of sp³-hybridized carbons (Fsp3) is 0.455. The van der Waals surface area contributed by atoms with Gasteiger partial charge in [-0.15, -0.1) is 0 Å². The van der Waals surface area contributed by atoms with Crippen LogP contribution in [0.15, 0.2) is 35.3 Å². The van der Waals surface area contributed by atoms with E-state index in [9.17, 15) is 9.59 Å². The highest BCUT2D eigenvalue weighted by Gasteiger charge is 2.25. The minimum Gasteiger partial charge on any atom is -0.376 e. The van der Waals surface area contributed by atoms with Crippen molar-refractivity contribution in [2.45, 2.75) is 50.7 Å². The molecule has 4 heterocycles. The van der Waals surface area contributed by atoms with Crippen LogP contribution in [0.25, 0.3) is 16.7 Å². The maximum atomic E-state index is 13.2. The number of fused-ring (bicyclic) bond motifs is 2. The molecule has 3 aromatic heterocycles. The molecule has 156 valence electrons. The van der Waals surface area contributed by atoms with Crippen molar-refractivity contribution in [2.75, 3.05) is 13.2 Å². The van der Waals surface area contributed by atoms with Gasteiger partial charge in [-0.25, -0.2) is 4.98 Å². The summed E-state index contributed by atoms with van der Waals surface area (Å²) in [6, 6.07) is 7.00. The van der Waals surface area contributed by atoms with Gasteiger partial charge < -0.3 is 14.6 Å². The number of amides is 1. The molecular formula is C22H25N5O3. The van der Waals surface area contributed by atoms with E-state index in [1.54, 1.807) is 22.9 Å². The van der Waals surface area contributed by atoms with Gasteiger partial charge in [0, 0.05) is 25.4 Å². The molecule has 1 atom stereocenters. The van der Waals surface area contributed by atoms with Gasteiger partial charge in [-0.3, -0.25) is 19.4 Å². The summed E-state index contributed by atoms with van der Waals surface area (Å²) in [5.74, 6) is -0.346. The summed E-state index contributed by atoms with van der Waals surface area (Å²) in [5.41, 5.74) is 1.12. The van der Waals surface area contributed by atoms with Gasteiger partial charge in [0.2, 0.25) is 0 Å². The van der Waals surface area contributed by atoms with E-state index in [2.05, 4.69) is 5.32 Å². The van der Waals surface area contributed by atoms with Crippen molar-refractivity contribution in [3.8, 4) is 0 Å². The summed E-state index contributed by atoms with van der Waals surface area (Å²) in [5, 5.41) is 12.1. The number of ether oxygens (including phenoxy) is 1. The van der Waals surface area contributed by atoms with Crippen molar-refractivity contribution < 1.29 is 9.53 Å². The molecule has 2 aliphatic rings. The lowest BCUT2D eigenvalue weighted by atomic mass is 10.1. The first-order valence-electron chi connectivity index (χ1n) is 10.6. The van der Waals surface area contributed by atoms with Gasteiger partial charge >= 0.3 is 0 Å². The lowest BCUT2D eigenvalue weighted by Crippen LogP contribution is -2.38. The topological polar surface area (TPSA) is 101 Å². The molecule has 0 spiro atoms. The minimum absolute atomic E-state index is 0.0155. The van der Waals surface area contributed by atoms with Crippen LogP contribution in [0.5, 0.6) is 0 Å². The molecule has 8 nitrogen and oxygen atoms in total. The molecule has 1 amide bonds. The Bertz CT molecular complexity index is 1230. The highest BCUT2D eigenvalue weighted by molar-refractivity contribution is 5.96. The number of hydrogen-bond donors (Lipinski definition) is 2. The molecule has 8 heteroatoms. The van der Waals surface area contributed by atoms with Crippen LogP contribution in [-0.2, 0) is 4.74 Å². The van der Waals surface area contributed by atoms with Gasteiger partial charge in [-0.2, -0.15) is 0 Å². The Kier molecular flexibility index (Phi) is 4.86. The summed E-state index contributed by atoms with van der Waals surface area (Å²) < 4.78 is 8.87. The number of pyridine rings is 2. The zero-order chi connectivity index (χ0) is 20.7. The summed E-state index contributed by atoms with van der Waals surface area (Å²) in [4.78, 5) is 30.9. The Morgan fingerprint density at radius 1 is 1.23 bits per heavy atom. The quantitative estimate of drug-likeness (QED) is 0.647. The minimum atomic E-state index is -0.346. The van der Waals surface area contributed by atoms with Crippen molar-refractivity contribution in [1.82, 2.24) is 19.3 Å². The van der Waals surface area contributed by atoms with E-state index < -0.39 is 0 Å². The number of carbonyl (C=O) groups is 1. The molecule has 2 fully saturated rings. The fourth-order valence-electron chi connectivity index (χ4n) is 4.65. The number of carbonyl (C=O) groups excluding carboxylic acids is 1. The molecule has 30 heavy (non-hydrogen) atoms. The molecule has 3 aromatic rings. The monoisotopic (exact) mass is 407 g/mol. The fourth-order valence-corrected chi connectivity index (χ4v) is 4.65. The molecule has 0 unspecified atom stereocenters. The Morgan fingerprint density at radius 3 is 2.83 bits per heavy atom. The predicted molar refractivity (Wildman–Crippen MR) is 112 cm³/mol. The molecule has 1 saturated heterocycles. The van der Waals surface area contributed by atoms with Crippen LogP contribution in [0, 0.1) is 5.41 Å². The average molecular weight is 407 g/mol. The third kappa shape index (κ3) is 3.21. The van der Waals surface area contributed by atoms with Gasteiger partial charge in [-0.05, 0) is 43.9 Å². The summed E-state index contributed by atoms with van der Waals surface area (Å²) >= 11 is 0. The molecule has 2 N–H and O–H groups in total. The predicted octanol–water partition coefficient (Wildman–Crippen LogP) is 2.15. The van der Waals surface area contributed by atoms with E-state index in [1.165, 1.54) is 10.5 Å². The molecule has 1 saturated carbocycles. The van der Waals surface area contributed by atoms with Gasteiger partial charge in [0.15, 0.2) is 0 Å². The lowest BCUT2D eigenvalue weighted by molar-refractivity contribution is 0.0855. The highest BCUT2D eigenvalue weighted by Crippen LogP contribution is 2.30. The van der Waals surface area contributed by atoms with Crippen molar-refractivity contribution in [2.24, 2.45) is 0 Å². The van der Waals surface area contributed by atoms with E-state index in [0.717, 1.165) is 45.1 Å². The summed E-state index contributed by atoms with van der Waals surface area (Å²) in [7, 11) is 0. The Balaban J connectivity index is 1.67. The number of aromatic nitrogens is 3. The SMILES string of the molecule is N=c1c(C(=O)NC[C@@H]2CCCO2)cc2c(=O)n3ccccc3nc2n1C1CCCC1. The third-order valence-corrected chi connectivity index (χ3v) is 6.21. The van der Waals surface area contributed by atoms with Gasteiger partial charge in [0.25, 0.3) is 11.5 Å². The second kappa shape index (κ2) is 7.68. The van der Waals surface area contributed by atoms with Crippen LogP contribution in [-0.4, -0.2) is 39.1 Å². The van der Waals surface area contributed by atoms with Gasteiger partial charge in [0.05, 0.1) is 17.1 Å². The molecule has 1 aliphatic carbocycles. The maximum absolute atomic E-state index is 13.2. The van der Waals surface area contributed by atoms with Crippen LogP contribution in [0.1, 0.15) is 54.9 Å². The Labute approximate surface area is 173 Å². The molecule has 0 aromatic carbocycles. The highest BCUT2D eigenvalue weighted by atomic mass is 16.5. The molecule has 0 radical (unpaired) electrons. The molecular weight excluding hydrogens is 382 g/mol. The standard InChI is InChI=1S/C22H25N5O3/c23-19-16(21(28)24-13-15-8-5-11-30-15)12-17-20(27(19)14-6-1-2-7-14)25-18-9-3-4-10-26(18)22(17)29/h3-4,9-10,12,14-15,23H,1-2,5-8,11,13H2,(H,24,28)/t15-/m0/s1. The number of rotatable bonds is 4. The largest absolute Gasteiger partial charge is 0.376 e. The van der Waals surface area contributed by atoms with Crippen LogP contribution < -0.4 is 16.4 Å². The van der Waals surface area contributed by atoms with Gasteiger partial charge in [-0.1, -0.05) is 18.9 Å². The second-order valence-corrected chi connectivity index (χ2v) is 8.14. The zero-order valence-corrected chi connectivity index (χ0v) is 16.8. The third-order valence-electron chi connectivity index (χ3n) is 6.21. The Hall–Kier alpha value is -3.00. The van der Waals surface area contributed by atoms with Crippen molar-refractivity contribution in [3.05, 3.63) is 51.9 Å². The molecule has 1 aliphatic heterocycles. The second-order valence-electron chi connectivity index (χ2n) is 8.14. The van der Waals surface area contributed by atoms with E-state index in [4.69, 9.17) is 15.1 Å². The summed E-state index contributed by atoms with van der Waals surface area (Å²) in [6.45, 7) is 1.13. The zero-order valence-electron chi connectivity index (χ0n) is 16.8. The van der Waals surface area contributed by atoms with Crippen LogP contribution in [0.3, 0.4) is 0 Å². The van der Waals surface area contributed by atoms with E-state index >= 15 is 0 Å². The number of nitrogens with zero attached hydrogens (tertiary/aromatic N) is 3. The smallest absolute Gasteiger partial charge is 0.267 e. The lowest BCUT2D eigenvalue weighted by Gasteiger charge is -2.20. The number of nitrogens with one attached hydrogen (secondary N) is 2. The average Bonchev–Trinajstić information content (AvgIpc) is 3.46. The first-order valence-corrected chi connectivity index (χ1v) is 10.6. The van der Waals surface area contributed by atoms with Crippen LogP contribution >= 0.6 is 0 Å². The van der Waals surface area contributed by atoms with Gasteiger partial charge in [0.1, 0.15) is 16.8 Å². The van der Waals surface area contributed by atoms with Crippen LogP contribution in [0.4, 0.5) is 0 Å².